The number of halogens is 1. The molecule has 0 radical (unpaired) electrons. The van der Waals surface area contributed by atoms with Gasteiger partial charge in [0, 0.05) is 11.3 Å². The van der Waals surface area contributed by atoms with Crippen LogP contribution in [0.3, 0.4) is 0 Å². The predicted molar refractivity (Wildman–Crippen MR) is 68.2 cm³/mol. The van der Waals surface area contributed by atoms with Gasteiger partial charge in [-0.1, -0.05) is 11.8 Å². The summed E-state index contributed by atoms with van der Waals surface area (Å²) in [5.41, 5.74) is 7.27. The van der Waals surface area contributed by atoms with Crippen molar-refractivity contribution in [2.24, 2.45) is 5.73 Å². The van der Waals surface area contributed by atoms with Gasteiger partial charge in [-0.2, -0.15) is 0 Å². The van der Waals surface area contributed by atoms with E-state index in [1.54, 1.807) is 12.3 Å². The predicted octanol–water partition coefficient (Wildman–Crippen LogP) is 2.70. The highest BCUT2D eigenvalue weighted by molar-refractivity contribution is 7.98. The largest absolute Gasteiger partial charge is 0.440 e. The number of benzene rings is 1. The summed E-state index contributed by atoms with van der Waals surface area (Å²) in [5, 5.41) is 7.84. The standard InChI is InChI=1S/C12H12FN3OS/c1-7-5-17-12(16-7)18-6-8-2-9(11(14)15)4-10(13)3-8/h2-5H,6H2,1H3,(H3,14,15). The van der Waals surface area contributed by atoms with Crippen LogP contribution in [-0.2, 0) is 5.75 Å². The first-order valence-electron chi connectivity index (χ1n) is 5.23. The van der Waals surface area contributed by atoms with Crippen molar-refractivity contribution in [1.29, 1.82) is 5.41 Å². The van der Waals surface area contributed by atoms with E-state index in [-0.39, 0.29) is 5.84 Å². The van der Waals surface area contributed by atoms with Crippen LogP contribution in [0.25, 0.3) is 0 Å². The summed E-state index contributed by atoms with van der Waals surface area (Å²) in [6, 6.07) is 4.34. The molecule has 18 heavy (non-hydrogen) atoms. The van der Waals surface area contributed by atoms with E-state index in [1.165, 1.54) is 23.9 Å². The maximum absolute atomic E-state index is 13.3. The molecule has 2 rings (SSSR count). The average molecular weight is 265 g/mol. The number of nitrogens with zero attached hydrogens (tertiary/aromatic N) is 1. The van der Waals surface area contributed by atoms with Crippen molar-refractivity contribution in [3.05, 3.63) is 47.1 Å². The average Bonchev–Trinajstić information content (AvgIpc) is 2.72. The quantitative estimate of drug-likeness (QED) is 0.506. The Bertz CT molecular complexity index is 582. The Kier molecular flexibility index (Phi) is 3.66. The lowest BCUT2D eigenvalue weighted by Gasteiger charge is -2.03. The molecule has 0 aliphatic carbocycles. The molecule has 94 valence electrons. The number of nitrogen functional groups attached to an aromatic ring is 1. The number of hydrogen-bond donors (Lipinski definition) is 2. The first-order valence-corrected chi connectivity index (χ1v) is 6.22. The summed E-state index contributed by atoms with van der Waals surface area (Å²) < 4.78 is 18.5. The van der Waals surface area contributed by atoms with Crippen molar-refractivity contribution in [2.75, 3.05) is 0 Å². The lowest BCUT2D eigenvalue weighted by molar-refractivity contribution is 0.454. The molecule has 6 heteroatoms. The summed E-state index contributed by atoms with van der Waals surface area (Å²) in [7, 11) is 0. The van der Waals surface area contributed by atoms with Crippen LogP contribution in [0.4, 0.5) is 4.39 Å². The molecule has 0 atom stereocenters. The van der Waals surface area contributed by atoms with Crippen molar-refractivity contribution >= 4 is 17.6 Å². The summed E-state index contributed by atoms with van der Waals surface area (Å²) >= 11 is 1.37. The molecule has 0 saturated heterocycles. The zero-order valence-electron chi connectivity index (χ0n) is 9.74. The lowest BCUT2D eigenvalue weighted by atomic mass is 10.1. The second kappa shape index (κ2) is 5.22. The maximum atomic E-state index is 13.3. The van der Waals surface area contributed by atoms with Gasteiger partial charge >= 0.3 is 0 Å². The van der Waals surface area contributed by atoms with Crippen molar-refractivity contribution in [2.45, 2.75) is 17.9 Å². The second-order valence-corrected chi connectivity index (χ2v) is 4.73. The fourth-order valence-corrected chi connectivity index (χ4v) is 2.21. The van der Waals surface area contributed by atoms with Gasteiger partial charge in [-0.3, -0.25) is 5.41 Å². The van der Waals surface area contributed by atoms with Gasteiger partial charge in [0.15, 0.2) is 0 Å². The molecule has 0 fully saturated rings. The second-order valence-electron chi connectivity index (χ2n) is 3.81. The minimum atomic E-state index is -0.401. The van der Waals surface area contributed by atoms with Gasteiger partial charge in [-0.05, 0) is 30.7 Å². The lowest BCUT2D eigenvalue weighted by Crippen LogP contribution is -2.11. The van der Waals surface area contributed by atoms with E-state index in [2.05, 4.69) is 4.98 Å². The third-order valence-corrected chi connectivity index (χ3v) is 3.14. The fraction of sp³-hybridized carbons (Fsp3) is 0.167. The molecule has 0 saturated carbocycles. The number of amidine groups is 1. The molecule has 0 aliphatic rings. The van der Waals surface area contributed by atoms with Gasteiger partial charge in [0.05, 0.1) is 5.69 Å². The van der Waals surface area contributed by atoms with E-state index < -0.39 is 5.82 Å². The van der Waals surface area contributed by atoms with Crippen molar-refractivity contribution < 1.29 is 8.81 Å². The molecule has 1 aromatic heterocycles. The summed E-state index contributed by atoms with van der Waals surface area (Å²) in [4.78, 5) is 4.14. The van der Waals surface area contributed by atoms with Crippen molar-refractivity contribution in [3.63, 3.8) is 0 Å². The number of rotatable bonds is 4. The highest BCUT2D eigenvalue weighted by Gasteiger charge is 2.06. The number of thioether (sulfide) groups is 1. The van der Waals surface area contributed by atoms with Gasteiger partial charge < -0.3 is 10.2 Å². The SMILES string of the molecule is Cc1coc(SCc2cc(F)cc(C(=N)N)c2)n1. The van der Waals surface area contributed by atoms with E-state index in [0.717, 1.165) is 11.3 Å². The molecule has 0 aliphatic heterocycles. The zero-order valence-corrected chi connectivity index (χ0v) is 10.6. The highest BCUT2D eigenvalue weighted by Crippen LogP contribution is 2.23. The van der Waals surface area contributed by atoms with E-state index >= 15 is 0 Å². The van der Waals surface area contributed by atoms with E-state index in [1.807, 2.05) is 6.92 Å². The van der Waals surface area contributed by atoms with Crippen LogP contribution in [0.1, 0.15) is 16.8 Å². The minimum Gasteiger partial charge on any atom is -0.440 e. The Morgan fingerprint density at radius 2 is 2.28 bits per heavy atom. The van der Waals surface area contributed by atoms with Crippen LogP contribution >= 0.6 is 11.8 Å². The Morgan fingerprint density at radius 3 is 2.89 bits per heavy atom. The molecule has 0 bridgehead atoms. The van der Waals surface area contributed by atoms with Crippen LogP contribution in [-0.4, -0.2) is 10.8 Å². The summed E-state index contributed by atoms with van der Waals surface area (Å²) in [6.07, 6.45) is 1.56. The zero-order chi connectivity index (χ0) is 13.1. The molecular weight excluding hydrogens is 253 g/mol. The number of oxazole rings is 1. The number of nitrogens with one attached hydrogen (secondary N) is 1. The molecule has 0 spiro atoms. The molecule has 0 unspecified atom stereocenters. The normalized spacial score (nSPS) is 10.6. The Hall–Kier alpha value is -1.82. The molecule has 2 aromatic rings. The van der Waals surface area contributed by atoms with E-state index in [9.17, 15) is 4.39 Å². The number of aryl methyl sites for hydroxylation is 1. The van der Waals surface area contributed by atoms with E-state index in [4.69, 9.17) is 15.6 Å². The summed E-state index contributed by atoms with van der Waals surface area (Å²) in [5.74, 6) is -0.0348. The minimum absolute atomic E-state index is 0.146. The summed E-state index contributed by atoms with van der Waals surface area (Å²) in [6.45, 7) is 1.84. The molecule has 3 N–H and O–H groups in total. The van der Waals surface area contributed by atoms with Crippen LogP contribution in [0.5, 0.6) is 0 Å². The van der Waals surface area contributed by atoms with Crippen LogP contribution < -0.4 is 5.73 Å². The molecule has 1 heterocycles. The van der Waals surface area contributed by atoms with Gasteiger partial charge in [0.2, 0.25) is 0 Å². The van der Waals surface area contributed by atoms with Gasteiger partial charge in [0.1, 0.15) is 17.9 Å². The smallest absolute Gasteiger partial charge is 0.256 e. The number of aromatic nitrogens is 1. The van der Waals surface area contributed by atoms with Crippen LogP contribution in [0.15, 0.2) is 34.1 Å². The van der Waals surface area contributed by atoms with Crippen LogP contribution in [0, 0.1) is 18.2 Å². The first-order chi connectivity index (χ1) is 8.54. The fourth-order valence-electron chi connectivity index (χ4n) is 1.43. The number of nitrogens with two attached hydrogens (primary N) is 1. The molecule has 4 nitrogen and oxygen atoms in total. The Morgan fingerprint density at radius 1 is 1.50 bits per heavy atom. The number of hydrogen-bond acceptors (Lipinski definition) is 4. The molecule has 0 amide bonds. The molecule has 1 aromatic carbocycles. The van der Waals surface area contributed by atoms with Crippen molar-refractivity contribution in [3.8, 4) is 0 Å². The van der Waals surface area contributed by atoms with Gasteiger partial charge in [0.25, 0.3) is 5.22 Å². The van der Waals surface area contributed by atoms with Gasteiger partial charge in [-0.25, -0.2) is 9.37 Å². The van der Waals surface area contributed by atoms with Crippen LogP contribution in [0.2, 0.25) is 0 Å². The van der Waals surface area contributed by atoms with E-state index in [0.29, 0.717) is 16.5 Å². The monoisotopic (exact) mass is 265 g/mol. The molecular formula is C12H12FN3OS. The maximum Gasteiger partial charge on any atom is 0.256 e. The van der Waals surface area contributed by atoms with Crippen molar-refractivity contribution in [1.82, 2.24) is 4.98 Å². The highest BCUT2D eigenvalue weighted by atomic mass is 32.2. The third kappa shape index (κ3) is 3.10. The topological polar surface area (TPSA) is 75.9 Å². The first kappa shape index (κ1) is 12.6. The Balaban J connectivity index is 2.11. The van der Waals surface area contributed by atoms with Gasteiger partial charge in [-0.15, -0.1) is 0 Å². The third-order valence-electron chi connectivity index (χ3n) is 2.23. The Labute approximate surface area is 108 Å².